The van der Waals surface area contributed by atoms with E-state index in [0.29, 0.717) is 25.1 Å². The average molecular weight is 429 g/mol. The maximum absolute atomic E-state index is 12.7. The van der Waals surface area contributed by atoms with Crippen LogP contribution in [0.1, 0.15) is 39.9 Å². The predicted molar refractivity (Wildman–Crippen MR) is 116 cm³/mol. The number of carbonyl (C=O) groups is 2. The van der Waals surface area contributed by atoms with Crippen LogP contribution in [0, 0.1) is 0 Å². The van der Waals surface area contributed by atoms with Crippen LogP contribution in [0.2, 0.25) is 0 Å². The summed E-state index contributed by atoms with van der Waals surface area (Å²) in [4.78, 5) is 26.2. The molecule has 0 unspecified atom stereocenters. The number of hydrogen-bond donors (Lipinski definition) is 0. The van der Waals surface area contributed by atoms with E-state index < -0.39 is 0 Å². The average Bonchev–Trinajstić information content (AvgIpc) is 3.49. The summed E-state index contributed by atoms with van der Waals surface area (Å²) in [7, 11) is 0. The van der Waals surface area contributed by atoms with Gasteiger partial charge in [-0.2, -0.15) is 0 Å². The molecule has 5 rings (SSSR count). The lowest BCUT2D eigenvalue weighted by atomic mass is 9.97. The van der Waals surface area contributed by atoms with E-state index in [1.165, 1.54) is 17.5 Å². The number of esters is 1. The minimum atomic E-state index is -0.227. The Kier molecular flexibility index (Phi) is 5.49. The lowest BCUT2D eigenvalue weighted by Gasteiger charge is -2.27. The van der Waals surface area contributed by atoms with Crippen LogP contribution in [0.3, 0.4) is 0 Å². The Hall–Kier alpha value is -3.81. The SMILES string of the molecule is O=C1OCc2cc(CCC3=CCN(C(=O)Cc4ccc(-n5cnnn5)cc4)CC3)ccc21. The van der Waals surface area contributed by atoms with Crippen molar-refractivity contribution < 1.29 is 14.3 Å². The molecule has 0 radical (unpaired) electrons. The predicted octanol–water partition coefficient (Wildman–Crippen LogP) is 2.67. The number of carbonyl (C=O) groups excluding carboxylic acids is 2. The van der Waals surface area contributed by atoms with Crippen molar-refractivity contribution in [3.05, 3.63) is 82.7 Å². The van der Waals surface area contributed by atoms with Crippen molar-refractivity contribution in [3.8, 4) is 5.69 Å². The van der Waals surface area contributed by atoms with Gasteiger partial charge in [-0.15, -0.1) is 5.10 Å². The first-order valence-electron chi connectivity index (χ1n) is 10.7. The molecule has 3 aromatic rings. The third-order valence-electron chi connectivity index (χ3n) is 6.04. The number of cyclic esters (lactones) is 1. The topological polar surface area (TPSA) is 90.2 Å². The van der Waals surface area contributed by atoms with Gasteiger partial charge in [-0.05, 0) is 59.0 Å². The Morgan fingerprint density at radius 2 is 1.91 bits per heavy atom. The summed E-state index contributed by atoms with van der Waals surface area (Å²) in [5.74, 6) is -0.0893. The van der Waals surface area contributed by atoms with Crippen molar-refractivity contribution in [2.24, 2.45) is 0 Å². The molecule has 32 heavy (non-hydrogen) atoms. The van der Waals surface area contributed by atoms with Crippen molar-refractivity contribution in [2.45, 2.75) is 32.3 Å². The van der Waals surface area contributed by atoms with Crippen LogP contribution in [0.5, 0.6) is 0 Å². The van der Waals surface area contributed by atoms with E-state index in [0.717, 1.165) is 42.6 Å². The molecule has 162 valence electrons. The zero-order chi connectivity index (χ0) is 21.9. The van der Waals surface area contributed by atoms with Crippen molar-refractivity contribution in [2.75, 3.05) is 13.1 Å². The first-order chi connectivity index (χ1) is 15.7. The number of fused-ring (bicyclic) bond motifs is 1. The molecule has 2 aliphatic heterocycles. The lowest BCUT2D eigenvalue weighted by Crippen LogP contribution is -2.36. The molecule has 2 aromatic carbocycles. The largest absolute Gasteiger partial charge is 0.457 e. The van der Waals surface area contributed by atoms with Crippen molar-refractivity contribution in [1.82, 2.24) is 25.1 Å². The second-order valence-electron chi connectivity index (χ2n) is 8.12. The lowest BCUT2D eigenvalue weighted by molar-refractivity contribution is -0.130. The molecule has 0 aliphatic carbocycles. The van der Waals surface area contributed by atoms with E-state index in [1.807, 2.05) is 41.3 Å². The third kappa shape index (κ3) is 4.30. The summed E-state index contributed by atoms with van der Waals surface area (Å²) in [6.07, 6.45) is 6.90. The van der Waals surface area contributed by atoms with Gasteiger partial charge in [-0.3, -0.25) is 4.79 Å². The van der Waals surface area contributed by atoms with Gasteiger partial charge in [0.05, 0.1) is 17.7 Å². The number of rotatable bonds is 6. The highest BCUT2D eigenvalue weighted by atomic mass is 16.5. The van der Waals surface area contributed by atoms with E-state index in [2.05, 4.69) is 27.7 Å². The van der Waals surface area contributed by atoms with E-state index in [9.17, 15) is 9.59 Å². The summed E-state index contributed by atoms with van der Waals surface area (Å²) < 4.78 is 6.66. The van der Waals surface area contributed by atoms with E-state index in [4.69, 9.17) is 4.74 Å². The Morgan fingerprint density at radius 1 is 1.06 bits per heavy atom. The first kappa shape index (κ1) is 20.1. The fraction of sp³-hybridized carbons (Fsp3) is 0.292. The molecule has 0 saturated heterocycles. The van der Waals surface area contributed by atoms with Crippen LogP contribution < -0.4 is 0 Å². The van der Waals surface area contributed by atoms with Crippen LogP contribution in [-0.2, 0) is 29.0 Å². The van der Waals surface area contributed by atoms with Crippen LogP contribution in [0.15, 0.2) is 60.4 Å². The van der Waals surface area contributed by atoms with Crippen LogP contribution in [-0.4, -0.2) is 50.1 Å². The number of aryl methyl sites for hydroxylation is 1. The van der Waals surface area contributed by atoms with Gasteiger partial charge in [0, 0.05) is 18.7 Å². The van der Waals surface area contributed by atoms with Gasteiger partial charge in [-0.1, -0.05) is 35.9 Å². The normalized spacial score (nSPS) is 15.3. The zero-order valence-electron chi connectivity index (χ0n) is 17.6. The molecule has 0 spiro atoms. The highest BCUT2D eigenvalue weighted by Crippen LogP contribution is 2.23. The number of aromatic nitrogens is 4. The van der Waals surface area contributed by atoms with Gasteiger partial charge in [0.1, 0.15) is 12.9 Å². The van der Waals surface area contributed by atoms with Gasteiger partial charge in [0.25, 0.3) is 0 Å². The number of benzene rings is 2. The molecule has 8 heteroatoms. The minimum absolute atomic E-state index is 0.138. The molecule has 0 N–H and O–H groups in total. The Bertz CT molecular complexity index is 1170. The van der Waals surface area contributed by atoms with Crippen molar-refractivity contribution in [1.29, 1.82) is 0 Å². The van der Waals surface area contributed by atoms with Gasteiger partial charge in [-0.25, -0.2) is 9.48 Å². The summed E-state index contributed by atoms with van der Waals surface area (Å²) in [5.41, 5.74) is 6.09. The number of ether oxygens (including phenoxy) is 1. The summed E-state index contributed by atoms with van der Waals surface area (Å²) in [5, 5.41) is 11.1. The molecule has 0 saturated carbocycles. The maximum Gasteiger partial charge on any atom is 0.338 e. The van der Waals surface area contributed by atoms with E-state index in [-0.39, 0.29) is 11.9 Å². The molecular formula is C24H23N5O3. The fourth-order valence-electron chi connectivity index (χ4n) is 4.14. The van der Waals surface area contributed by atoms with Gasteiger partial charge >= 0.3 is 5.97 Å². The number of tetrazole rings is 1. The summed E-state index contributed by atoms with van der Waals surface area (Å²) >= 11 is 0. The van der Waals surface area contributed by atoms with Crippen molar-refractivity contribution in [3.63, 3.8) is 0 Å². The van der Waals surface area contributed by atoms with Gasteiger partial charge in [0.15, 0.2) is 0 Å². The van der Waals surface area contributed by atoms with E-state index >= 15 is 0 Å². The minimum Gasteiger partial charge on any atom is -0.457 e. The first-order valence-corrected chi connectivity index (χ1v) is 10.7. The molecule has 3 heterocycles. The van der Waals surface area contributed by atoms with Crippen LogP contribution >= 0.6 is 0 Å². The highest BCUT2D eigenvalue weighted by molar-refractivity contribution is 5.93. The second kappa shape index (κ2) is 8.74. The van der Waals surface area contributed by atoms with Gasteiger partial charge < -0.3 is 9.64 Å². The Labute approximate surface area is 185 Å². The standard InChI is InChI=1S/C24H23N5O3/c30-23(14-19-3-6-21(7-4-19)29-16-25-26-27-29)28-11-9-17(10-12-28)1-2-18-5-8-22-20(13-18)15-32-24(22)31/h3-9,13,16H,1-2,10-12,14-15H2. The van der Waals surface area contributed by atoms with E-state index in [1.54, 1.807) is 4.68 Å². The molecule has 8 nitrogen and oxygen atoms in total. The highest BCUT2D eigenvalue weighted by Gasteiger charge is 2.21. The number of hydrogen-bond acceptors (Lipinski definition) is 6. The molecule has 0 fully saturated rings. The molecule has 2 aliphatic rings. The van der Waals surface area contributed by atoms with Crippen LogP contribution in [0.4, 0.5) is 0 Å². The zero-order valence-corrected chi connectivity index (χ0v) is 17.6. The van der Waals surface area contributed by atoms with Crippen LogP contribution in [0.25, 0.3) is 5.69 Å². The van der Waals surface area contributed by atoms with Crippen molar-refractivity contribution >= 4 is 11.9 Å². The summed E-state index contributed by atoms with van der Waals surface area (Å²) in [6, 6.07) is 13.7. The molecule has 1 amide bonds. The molecular weight excluding hydrogens is 406 g/mol. The quantitative estimate of drug-likeness (QED) is 0.442. The fourth-order valence-corrected chi connectivity index (χ4v) is 4.14. The van der Waals surface area contributed by atoms with Gasteiger partial charge in [0.2, 0.25) is 5.91 Å². The summed E-state index contributed by atoms with van der Waals surface area (Å²) in [6.45, 7) is 1.78. The smallest absolute Gasteiger partial charge is 0.338 e. The molecule has 0 bridgehead atoms. The monoisotopic (exact) mass is 429 g/mol. The number of amides is 1. The number of nitrogens with zero attached hydrogens (tertiary/aromatic N) is 5. The third-order valence-corrected chi connectivity index (χ3v) is 6.04. The Balaban J connectivity index is 1.12. The Morgan fingerprint density at radius 3 is 2.66 bits per heavy atom. The second-order valence-corrected chi connectivity index (χ2v) is 8.12. The maximum atomic E-state index is 12.7. The molecule has 1 aromatic heterocycles. The molecule has 0 atom stereocenters.